The molecule has 1 saturated heterocycles. The number of halogens is 1. The Balaban J connectivity index is 1.45. The molecule has 1 aliphatic heterocycles. The van der Waals surface area contributed by atoms with Gasteiger partial charge >= 0.3 is 0 Å². The van der Waals surface area contributed by atoms with Gasteiger partial charge in [-0.25, -0.2) is 15.0 Å². The number of fused-ring (bicyclic) bond motifs is 1. The molecule has 3 aromatic rings. The van der Waals surface area contributed by atoms with E-state index in [4.69, 9.17) is 16.6 Å². The van der Waals surface area contributed by atoms with Gasteiger partial charge in [-0.15, -0.1) is 0 Å². The maximum atomic E-state index is 6.02. The minimum absolute atomic E-state index is 0.466. The number of hydrogen-bond acceptors (Lipinski definition) is 6. The first-order valence-electron chi connectivity index (χ1n) is 8.79. The number of hydrogen-bond donors (Lipinski definition) is 0. The number of aromatic nitrogens is 4. The highest BCUT2D eigenvalue weighted by atomic mass is 35.5. The summed E-state index contributed by atoms with van der Waals surface area (Å²) in [5.41, 5.74) is 2.70. The van der Waals surface area contributed by atoms with E-state index < -0.39 is 0 Å². The summed E-state index contributed by atoms with van der Waals surface area (Å²) in [4.78, 5) is 22.4. The second kappa shape index (κ2) is 7.03. The summed E-state index contributed by atoms with van der Waals surface area (Å²) in [6.45, 7) is 3.90. The highest BCUT2D eigenvalue weighted by molar-refractivity contribution is 6.31. The molecule has 0 unspecified atom stereocenters. The molecule has 0 spiro atoms. The molecule has 26 heavy (non-hydrogen) atoms. The van der Waals surface area contributed by atoms with Crippen molar-refractivity contribution in [2.24, 2.45) is 0 Å². The van der Waals surface area contributed by atoms with Gasteiger partial charge < -0.3 is 9.80 Å². The zero-order chi connectivity index (χ0) is 18.1. The van der Waals surface area contributed by atoms with E-state index in [1.165, 1.54) is 0 Å². The minimum atomic E-state index is 0.466. The molecule has 3 heterocycles. The van der Waals surface area contributed by atoms with Gasteiger partial charge in [-0.3, -0.25) is 4.98 Å². The zero-order valence-electron chi connectivity index (χ0n) is 14.9. The third kappa shape index (κ3) is 3.42. The topological polar surface area (TPSA) is 58.0 Å². The van der Waals surface area contributed by atoms with E-state index in [9.17, 15) is 0 Å². The minimum Gasteiger partial charge on any atom is -0.356 e. The van der Waals surface area contributed by atoms with Gasteiger partial charge in [0.2, 0.25) is 0 Å². The summed E-state index contributed by atoms with van der Waals surface area (Å²) in [7, 11) is 2.11. The fourth-order valence-corrected chi connectivity index (χ4v) is 3.60. The van der Waals surface area contributed by atoms with Gasteiger partial charge in [0.1, 0.15) is 18.0 Å². The molecule has 0 radical (unpaired) electrons. The summed E-state index contributed by atoms with van der Waals surface area (Å²) in [6, 6.07) is 8.12. The number of nitrogens with zero attached hydrogens (tertiary/aromatic N) is 6. The second-order valence-corrected chi connectivity index (χ2v) is 7.14. The molecule has 0 amide bonds. The Hall–Kier alpha value is -2.47. The van der Waals surface area contributed by atoms with Crippen molar-refractivity contribution in [3.63, 3.8) is 0 Å². The van der Waals surface area contributed by atoms with Crippen molar-refractivity contribution in [3.8, 4) is 0 Å². The van der Waals surface area contributed by atoms with Gasteiger partial charge in [-0.2, -0.15) is 0 Å². The number of benzene rings is 1. The maximum Gasteiger partial charge on any atom is 0.147 e. The zero-order valence-corrected chi connectivity index (χ0v) is 15.7. The van der Waals surface area contributed by atoms with E-state index in [2.05, 4.69) is 31.8 Å². The molecule has 1 aliphatic rings. The lowest BCUT2D eigenvalue weighted by Gasteiger charge is -2.37. The normalized spacial score (nSPS) is 15.4. The average Bonchev–Trinajstić information content (AvgIpc) is 2.67. The Morgan fingerprint density at radius 3 is 2.65 bits per heavy atom. The highest BCUT2D eigenvalue weighted by Gasteiger charge is 2.24. The summed E-state index contributed by atoms with van der Waals surface area (Å²) < 4.78 is 0. The molecule has 2 aromatic heterocycles. The van der Waals surface area contributed by atoms with Crippen molar-refractivity contribution in [2.45, 2.75) is 25.8 Å². The van der Waals surface area contributed by atoms with Crippen molar-refractivity contribution in [3.05, 3.63) is 47.5 Å². The van der Waals surface area contributed by atoms with E-state index in [0.717, 1.165) is 54.3 Å². The lowest BCUT2D eigenvalue weighted by Crippen LogP contribution is -2.44. The van der Waals surface area contributed by atoms with E-state index in [0.29, 0.717) is 11.1 Å². The van der Waals surface area contributed by atoms with Crippen LogP contribution in [0.1, 0.15) is 18.5 Å². The maximum absolute atomic E-state index is 6.02. The van der Waals surface area contributed by atoms with E-state index >= 15 is 0 Å². The van der Waals surface area contributed by atoms with Gasteiger partial charge in [-0.05, 0) is 38.0 Å². The van der Waals surface area contributed by atoms with Crippen molar-refractivity contribution in [1.82, 2.24) is 19.9 Å². The average molecular weight is 369 g/mol. The molecule has 7 heteroatoms. The SMILES string of the molecule is Cc1cc(N(C)C2CCN(c3cnc4cc(Cl)ccc4n3)CC2)ncn1. The van der Waals surface area contributed by atoms with Gasteiger partial charge in [0.05, 0.1) is 17.2 Å². The molecule has 0 aliphatic carbocycles. The second-order valence-electron chi connectivity index (χ2n) is 6.71. The Bertz CT molecular complexity index is 923. The Morgan fingerprint density at radius 1 is 1.08 bits per heavy atom. The third-order valence-electron chi connectivity index (χ3n) is 4.98. The van der Waals surface area contributed by atoms with E-state index in [1.54, 1.807) is 6.33 Å². The molecule has 6 nitrogen and oxygen atoms in total. The van der Waals surface area contributed by atoms with Gasteiger partial charge in [-0.1, -0.05) is 11.6 Å². The molecular weight excluding hydrogens is 348 g/mol. The Morgan fingerprint density at radius 2 is 1.88 bits per heavy atom. The highest BCUT2D eigenvalue weighted by Crippen LogP contribution is 2.25. The third-order valence-corrected chi connectivity index (χ3v) is 5.21. The first kappa shape index (κ1) is 17.0. The molecule has 0 atom stereocenters. The Labute approximate surface area is 157 Å². The fourth-order valence-electron chi connectivity index (χ4n) is 3.43. The van der Waals surface area contributed by atoms with Crippen LogP contribution in [0.3, 0.4) is 0 Å². The van der Waals surface area contributed by atoms with Crippen molar-refractivity contribution >= 4 is 34.3 Å². The van der Waals surface area contributed by atoms with Crippen LogP contribution in [0.2, 0.25) is 5.02 Å². The van der Waals surface area contributed by atoms with Crippen molar-refractivity contribution in [2.75, 3.05) is 29.9 Å². The van der Waals surface area contributed by atoms with Crippen LogP contribution in [0, 0.1) is 6.92 Å². The van der Waals surface area contributed by atoms with E-state index in [1.807, 2.05) is 37.4 Å². The predicted octanol–water partition coefficient (Wildman–Crippen LogP) is 3.49. The monoisotopic (exact) mass is 368 g/mol. The van der Waals surface area contributed by atoms with Crippen LogP contribution in [-0.4, -0.2) is 46.1 Å². The molecule has 4 rings (SSSR count). The first-order chi connectivity index (χ1) is 12.6. The number of rotatable bonds is 3. The van der Waals surface area contributed by atoms with Crippen LogP contribution in [-0.2, 0) is 0 Å². The summed E-state index contributed by atoms with van der Waals surface area (Å²) >= 11 is 6.02. The van der Waals surface area contributed by atoms with Crippen molar-refractivity contribution in [1.29, 1.82) is 0 Å². The van der Waals surface area contributed by atoms with Gasteiger partial charge in [0, 0.05) is 43.0 Å². The van der Waals surface area contributed by atoms with Crippen LogP contribution < -0.4 is 9.80 Å². The summed E-state index contributed by atoms with van der Waals surface area (Å²) in [6.07, 6.45) is 5.59. The first-order valence-corrected chi connectivity index (χ1v) is 9.17. The lowest BCUT2D eigenvalue weighted by molar-refractivity contribution is 0.478. The van der Waals surface area contributed by atoms with Crippen molar-refractivity contribution < 1.29 is 0 Å². The van der Waals surface area contributed by atoms with E-state index in [-0.39, 0.29) is 0 Å². The molecule has 134 valence electrons. The van der Waals surface area contributed by atoms with Crippen LogP contribution in [0.4, 0.5) is 11.6 Å². The molecular formula is C19H21ClN6. The summed E-state index contributed by atoms with van der Waals surface area (Å²) in [5.74, 6) is 1.91. The molecule has 1 fully saturated rings. The van der Waals surface area contributed by atoms with Crippen LogP contribution >= 0.6 is 11.6 Å². The number of aryl methyl sites for hydroxylation is 1. The van der Waals surface area contributed by atoms with Crippen LogP contribution in [0.15, 0.2) is 36.8 Å². The summed E-state index contributed by atoms with van der Waals surface area (Å²) in [5, 5.41) is 0.684. The fraction of sp³-hybridized carbons (Fsp3) is 0.368. The standard InChI is InChI=1S/C19H21ClN6/c1-13-9-18(23-12-22-13)25(2)15-5-7-26(8-6-15)19-11-21-17-10-14(20)3-4-16(17)24-19/h3-4,9-12,15H,5-8H2,1-2H3. The number of piperidine rings is 1. The van der Waals surface area contributed by atoms with Gasteiger partial charge in [0.25, 0.3) is 0 Å². The van der Waals surface area contributed by atoms with Crippen LogP contribution in [0.25, 0.3) is 11.0 Å². The molecule has 0 bridgehead atoms. The smallest absolute Gasteiger partial charge is 0.147 e. The molecule has 1 aromatic carbocycles. The molecule has 0 saturated carbocycles. The predicted molar refractivity (Wildman–Crippen MR) is 105 cm³/mol. The largest absolute Gasteiger partial charge is 0.356 e. The van der Waals surface area contributed by atoms with Gasteiger partial charge in [0.15, 0.2) is 0 Å². The molecule has 0 N–H and O–H groups in total. The Kier molecular flexibility index (Phi) is 4.59. The lowest BCUT2D eigenvalue weighted by atomic mass is 10.0. The quantitative estimate of drug-likeness (QED) is 0.705. The van der Waals surface area contributed by atoms with Crippen LogP contribution in [0.5, 0.6) is 0 Å². The number of anilines is 2.